The molecule has 102 valence electrons. The average molecular weight is 273 g/mol. The Labute approximate surface area is 123 Å². The van der Waals surface area contributed by atoms with Crippen molar-refractivity contribution in [2.75, 3.05) is 5.32 Å². The van der Waals surface area contributed by atoms with Crippen LogP contribution >= 0.6 is 0 Å². The fourth-order valence-corrected chi connectivity index (χ4v) is 2.40. The number of para-hydroxylation sites is 1. The maximum atomic E-state index is 8.81. The highest BCUT2D eigenvalue weighted by Gasteiger charge is 2.03. The molecule has 0 fully saturated rings. The number of benzene rings is 2. The molecule has 0 aliphatic carbocycles. The van der Waals surface area contributed by atoms with Gasteiger partial charge in [-0.15, -0.1) is 0 Å². The SMILES string of the molecule is Cc1cc(CNc2ccc(C#N)cc2)c2ccccc2n1. The van der Waals surface area contributed by atoms with E-state index in [-0.39, 0.29) is 0 Å². The third kappa shape index (κ3) is 2.85. The predicted octanol–water partition coefficient (Wildman–Crippen LogP) is 4.03. The molecule has 1 aromatic heterocycles. The summed E-state index contributed by atoms with van der Waals surface area (Å²) < 4.78 is 0. The first-order valence-electron chi connectivity index (χ1n) is 6.85. The topological polar surface area (TPSA) is 48.7 Å². The van der Waals surface area contributed by atoms with E-state index in [1.807, 2.05) is 49.4 Å². The van der Waals surface area contributed by atoms with Gasteiger partial charge in [0.2, 0.25) is 0 Å². The molecule has 0 spiro atoms. The third-order valence-corrected chi connectivity index (χ3v) is 3.43. The van der Waals surface area contributed by atoms with E-state index in [0.29, 0.717) is 5.56 Å². The zero-order valence-electron chi connectivity index (χ0n) is 11.8. The Kier molecular flexibility index (Phi) is 3.53. The van der Waals surface area contributed by atoms with E-state index in [4.69, 9.17) is 5.26 Å². The van der Waals surface area contributed by atoms with Gasteiger partial charge >= 0.3 is 0 Å². The molecule has 0 unspecified atom stereocenters. The van der Waals surface area contributed by atoms with Crippen molar-refractivity contribution in [3.8, 4) is 6.07 Å². The van der Waals surface area contributed by atoms with E-state index in [1.165, 1.54) is 10.9 Å². The van der Waals surface area contributed by atoms with Crippen LogP contribution in [0.25, 0.3) is 10.9 Å². The lowest BCUT2D eigenvalue weighted by atomic mass is 10.1. The minimum Gasteiger partial charge on any atom is -0.381 e. The van der Waals surface area contributed by atoms with Crippen LogP contribution in [0.15, 0.2) is 54.6 Å². The van der Waals surface area contributed by atoms with E-state index in [1.54, 1.807) is 0 Å². The molecule has 0 amide bonds. The second kappa shape index (κ2) is 5.64. The van der Waals surface area contributed by atoms with E-state index < -0.39 is 0 Å². The van der Waals surface area contributed by atoms with Crippen molar-refractivity contribution in [2.24, 2.45) is 0 Å². The van der Waals surface area contributed by atoms with Gasteiger partial charge in [-0.05, 0) is 48.9 Å². The van der Waals surface area contributed by atoms with Gasteiger partial charge in [0, 0.05) is 23.3 Å². The van der Waals surface area contributed by atoms with Gasteiger partial charge in [0.25, 0.3) is 0 Å². The van der Waals surface area contributed by atoms with Crippen LogP contribution in [0, 0.1) is 18.3 Å². The Bertz CT molecular complexity index is 814. The summed E-state index contributed by atoms with van der Waals surface area (Å²) in [7, 11) is 0. The highest BCUT2D eigenvalue weighted by Crippen LogP contribution is 2.19. The molecule has 2 aromatic carbocycles. The summed E-state index contributed by atoms with van der Waals surface area (Å²) in [5, 5.41) is 13.4. The molecule has 0 saturated carbocycles. The number of nitrogens with one attached hydrogen (secondary N) is 1. The van der Waals surface area contributed by atoms with Crippen LogP contribution in [-0.4, -0.2) is 4.98 Å². The monoisotopic (exact) mass is 273 g/mol. The number of anilines is 1. The first-order chi connectivity index (χ1) is 10.3. The fourth-order valence-electron chi connectivity index (χ4n) is 2.40. The Hall–Kier alpha value is -2.86. The lowest BCUT2D eigenvalue weighted by Crippen LogP contribution is -2.01. The predicted molar refractivity (Wildman–Crippen MR) is 85.0 cm³/mol. The van der Waals surface area contributed by atoms with Gasteiger partial charge in [-0.25, -0.2) is 0 Å². The van der Waals surface area contributed by atoms with Crippen LogP contribution in [0.4, 0.5) is 5.69 Å². The molecule has 1 N–H and O–H groups in total. The molecule has 0 aliphatic heterocycles. The van der Waals surface area contributed by atoms with E-state index in [9.17, 15) is 0 Å². The molecule has 1 heterocycles. The first kappa shape index (κ1) is 13.1. The molecule has 3 nitrogen and oxygen atoms in total. The number of hydrogen-bond acceptors (Lipinski definition) is 3. The van der Waals surface area contributed by atoms with Crippen LogP contribution < -0.4 is 5.32 Å². The molecule has 0 aliphatic rings. The fraction of sp³-hybridized carbons (Fsp3) is 0.111. The summed E-state index contributed by atoms with van der Waals surface area (Å²) in [6.45, 7) is 2.74. The quantitative estimate of drug-likeness (QED) is 0.783. The van der Waals surface area contributed by atoms with Crippen LogP contribution in [-0.2, 0) is 6.54 Å². The molecule has 3 aromatic rings. The number of nitrogens with zero attached hydrogens (tertiary/aromatic N) is 2. The van der Waals surface area contributed by atoms with Crippen molar-refractivity contribution >= 4 is 16.6 Å². The zero-order valence-corrected chi connectivity index (χ0v) is 11.8. The molecule has 0 radical (unpaired) electrons. The van der Waals surface area contributed by atoms with Gasteiger partial charge in [0.1, 0.15) is 0 Å². The molecule has 0 bridgehead atoms. The summed E-state index contributed by atoms with van der Waals surface area (Å²) in [5.74, 6) is 0. The maximum absolute atomic E-state index is 8.81. The van der Waals surface area contributed by atoms with Crippen LogP contribution in [0.5, 0.6) is 0 Å². The van der Waals surface area contributed by atoms with E-state index in [2.05, 4.69) is 28.5 Å². The van der Waals surface area contributed by atoms with Crippen molar-refractivity contribution in [2.45, 2.75) is 13.5 Å². The van der Waals surface area contributed by atoms with Crippen molar-refractivity contribution < 1.29 is 0 Å². The highest BCUT2D eigenvalue weighted by molar-refractivity contribution is 5.82. The standard InChI is InChI=1S/C18H15N3/c1-13-10-15(17-4-2-3-5-18(17)21-13)12-20-16-8-6-14(11-19)7-9-16/h2-10,20H,12H2,1H3. The second-order valence-corrected chi connectivity index (χ2v) is 4.98. The van der Waals surface area contributed by atoms with Crippen molar-refractivity contribution in [1.82, 2.24) is 4.98 Å². The Balaban J connectivity index is 1.86. The zero-order chi connectivity index (χ0) is 14.7. The summed E-state index contributed by atoms with van der Waals surface area (Å²) in [6.07, 6.45) is 0. The molecule has 3 rings (SSSR count). The number of rotatable bonds is 3. The molecule has 3 heteroatoms. The minimum absolute atomic E-state index is 0.672. The van der Waals surface area contributed by atoms with Gasteiger partial charge in [-0.3, -0.25) is 4.98 Å². The van der Waals surface area contributed by atoms with Crippen LogP contribution in [0.2, 0.25) is 0 Å². The molecule has 0 atom stereocenters. The van der Waals surface area contributed by atoms with Gasteiger partial charge < -0.3 is 5.32 Å². The number of fused-ring (bicyclic) bond motifs is 1. The number of nitriles is 1. The largest absolute Gasteiger partial charge is 0.381 e. The summed E-state index contributed by atoms with van der Waals surface area (Å²) in [6, 6.07) is 19.9. The molecular formula is C18H15N3. The Morgan fingerprint density at radius 1 is 1.10 bits per heavy atom. The second-order valence-electron chi connectivity index (χ2n) is 4.98. The van der Waals surface area contributed by atoms with Gasteiger partial charge in [0.05, 0.1) is 17.1 Å². The van der Waals surface area contributed by atoms with Gasteiger partial charge in [-0.2, -0.15) is 5.26 Å². The first-order valence-corrected chi connectivity index (χ1v) is 6.85. The maximum Gasteiger partial charge on any atom is 0.0991 e. The van der Waals surface area contributed by atoms with Crippen molar-refractivity contribution in [3.05, 3.63) is 71.4 Å². The number of pyridine rings is 1. The summed E-state index contributed by atoms with van der Waals surface area (Å²) in [5.41, 5.74) is 4.94. The lowest BCUT2D eigenvalue weighted by molar-refractivity contribution is 1.13. The normalized spacial score (nSPS) is 10.3. The Morgan fingerprint density at radius 2 is 1.86 bits per heavy atom. The van der Waals surface area contributed by atoms with Crippen LogP contribution in [0.1, 0.15) is 16.8 Å². The van der Waals surface area contributed by atoms with Gasteiger partial charge in [-0.1, -0.05) is 18.2 Å². The molecule has 21 heavy (non-hydrogen) atoms. The summed E-state index contributed by atoms with van der Waals surface area (Å²) in [4.78, 5) is 4.55. The third-order valence-electron chi connectivity index (χ3n) is 3.43. The van der Waals surface area contributed by atoms with E-state index >= 15 is 0 Å². The average Bonchev–Trinajstić information content (AvgIpc) is 2.53. The minimum atomic E-state index is 0.672. The lowest BCUT2D eigenvalue weighted by Gasteiger charge is -2.10. The van der Waals surface area contributed by atoms with Gasteiger partial charge in [0.15, 0.2) is 0 Å². The number of aromatic nitrogens is 1. The number of aryl methyl sites for hydroxylation is 1. The smallest absolute Gasteiger partial charge is 0.0991 e. The summed E-state index contributed by atoms with van der Waals surface area (Å²) >= 11 is 0. The highest BCUT2D eigenvalue weighted by atomic mass is 14.9. The van der Waals surface area contributed by atoms with E-state index in [0.717, 1.165) is 23.4 Å². The molecule has 0 saturated heterocycles. The Morgan fingerprint density at radius 3 is 2.62 bits per heavy atom. The molecular weight excluding hydrogens is 258 g/mol. The van der Waals surface area contributed by atoms with Crippen molar-refractivity contribution in [3.63, 3.8) is 0 Å². The van der Waals surface area contributed by atoms with Crippen molar-refractivity contribution in [1.29, 1.82) is 5.26 Å². The number of hydrogen-bond donors (Lipinski definition) is 1. The van der Waals surface area contributed by atoms with Crippen LogP contribution in [0.3, 0.4) is 0 Å².